The first-order valence-corrected chi connectivity index (χ1v) is 9.64. The molecule has 3 unspecified atom stereocenters. The predicted octanol–water partition coefficient (Wildman–Crippen LogP) is 1.59. The number of hydrogen-bond acceptors (Lipinski definition) is 5. The third-order valence-electron chi connectivity index (χ3n) is 4.63. The van der Waals surface area contributed by atoms with Gasteiger partial charge >= 0.3 is 0 Å². The van der Waals surface area contributed by atoms with E-state index < -0.39 is 0 Å². The van der Waals surface area contributed by atoms with Crippen molar-refractivity contribution in [2.24, 2.45) is 10.9 Å². The molecule has 146 valence electrons. The lowest BCUT2D eigenvalue weighted by Crippen LogP contribution is -2.45. The second-order valence-corrected chi connectivity index (χ2v) is 7.04. The van der Waals surface area contributed by atoms with Gasteiger partial charge in [-0.25, -0.2) is 0 Å². The summed E-state index contributed by atoms with van der Waals surface area (Å²) in [6.07, 6.45) is 4.82. The van der Waals surface area contributed by atoms with Gasteiger partial charge in [-0.3, -0.25) is 4.99 Å². The SMILES string of the molecule is CC(COC1CCOC1)NC(=NCC1CCOC1)NCCc1ccco1. The van der Waals surface area contributed by atoms with Crippen LogP contribution in [0.1, 0.15) is 25.5 Å². The Morgan fingerprint density at radius 3 is 2.92 bits per heavy atom. The van der Waals surface area contributed by atoms with Crippen molar-refractivity contribution < 1.29 is 18.6 Å². The number of aliphatic imine (C=N–C) groups is 1. The number of ether oxygens (including phenoxy) is 3. The molecule has 1 aromatic rings. The van der Waals surface area contributed by atoms with Gasteiger partial charge in [-0.05, 0) is 31.9 Å². The van der Waals surface area contributed by atoms with Crippen molar-refractivity contribution in [2.45, 2.75) is 38.3 Å². The van der Waals surface area contributed by atoms with E-state index in [4.69, 9.17) is 23.6 Å². The number of hydrogen-bond donors (Lipinski definition) is 2. The van der Waals surface area contributed by atoms with Crippen LogP contribution in [0.15, 0.2) is 27.8 Å². The van der Waals surface area contributed by atoms with E-state index in [-0.39, 0.29) is 12.1 Å². The van der Waals surface area contributed by atoms with Crippen LogP contribution >= 0.6 is 0 Å². The normalized spacial score (nSPS) is 24.7. The van der Waals surface area contributed by atoms with Crippen molar-refractivity contribution in [3.05, 3.63) is 24.2 Å². The van der Waals surface area contributed by atoms with Crippen LogP contribution in [0.5, 0.6) is 0 Å². The van der Waals surface area contributed by atoms with Crippen LogP contribution in [0.25, 0.3) is 0 Å². The Hall–Kier alpha value is -1.57. The predicted molar refractivity (Wildman–Crippen MR) is 99.4 cm³/mol. The van der Waals surface area contributed by atoms with E-state index in [1.807, 2.05) is 12.1 Å². The number of nitrogens with one attached hydrogen (secondary N) is 2. The fraction of sp³-hybridized carbons (Fsp3) is 0.737. The van der Waals surface area contributed by atoms with Crippen LogP contribution < -0.4 is 10.6 Å². The monoisotopic (exact) mass is 365 g/mol. The molecule has 1 aromatic heterocycles. The fourth-order valence-corrected chi connectivity index (χ4v) is 3.06. The van der Waals surface area contributed by atoms with Crippen molar-refractivity contribution in [3.8, 4) is 0 Å². The van der Waals surface area contributed by atoms with E-state index in [1.165, 1.54) is 0 Å². The Labute approximate surface area is 155 Å². The van der Waals surface area contributed by atoms with E-state index in [1.54, 1.807) is 6.26 Å². The molecule has 3 rings (SSSR count). The highest BCUT2D eigenvalue weighted by atomic mass is 16.5. The van der Waals surface area contributed by atoms with Crippen LogP contribution in [-0.4, -0.2) is 64.2 Å². The van der Waals surface area contributed by atoms with Crippen molar-refractivity contribution in [1.82, 2.24) is 10.6 Å². The van der Waals surface area contributed by atoms with Crippen LogP contribution in [0.2, 0.25) is 0 Å². The Kier molecular flexibility index (Phi) is 7.79. The summed E-state index contributed by atoms with van der Waals surface area (Å²) in [5, 5.41) is 6.85. The molecular weight excluding hydrogens is 334 g/mol. The molecule has 26 heavy (non-hydrogen) atoms. The summed E-state index contributed by atoms with van der Waals surface area (Å²) in [4.78, 5) is 4.75. The number of rotatable bonds is 9. The molecule has 0 saturated carbocycles. The summed E-state index contributed by atoms with van der Waals surface area (Å²) in [5.74, 6) is 2.31. The highest BCUT2D eigenvalue weighted by molar-refractivity contribution is 5.80. The smallest absolute Gasteiger partial charge is 0.191 e. The Morgan fingerprint density at radius 2 is 2.19 bits per heavy atom. The molecule has 0 aromatic carbocycles. The molecule has 2 aliphatic rings. The first-order valence-electron chi connectivity index (χ1n) is 9.64. The van der Waals surface area contributed by atoms with Gasteiger partial charge in [-0.15, -0.1) is 0 Å². The molecule has 0 spiro atoms. The van der Waals surface area contributed by atoms with Crippen molar-refractivity contribution >= 4 is 5.96 Å². The topological polar surface area (TPSA) is 77.2 Å². The Balaban J connectivity index is 1.44. The maximum atomic E-state index is 5.90. The van der Waals surface area contributed by atoms with Gasteiger partial charge in [-0.1, -0.05) is 0 Å². The second kappa shape index (κ2) is 10.5. The zero-order chi connectivity index (χ0) is 18.0. The maximum absolute atomic E-state index is 5.90. The van der Waals surface area contributed by atoms with Gasteiger partial charge in [0, 0.05) is 44.7 Å². The van der Waals surface area contributed by atoms with Gasteiger partial charge in [0.15, 0.2) is 5.96 Å². The summed E-state index contributed by atoms with van der Waals surface area (Å²) in [6, 6.07) is 4.07. The van der Waals surface area contributed by atoms with Gasteiger partial charge in [-0.2, -0.15) is 0 Å². The van der Waals surface area contributed by atoms with E-state index in [9.17, 15) is 0 Å². The molecule has 2 saturated heterocycles. The molecule has 0 radical (unpaired) electrons. The van der Waals surface area contributed by atoms with E-state index in [2.05, 4.69) is 17.6 Å². The third-order valence-corrected chi connectivity index (χ3v) is 4.63. The highest BCUT2D eigenvalue weighted by Crippen LogP contribution is 2.12. The summed E-state index contributed by atoms with van der Waals surface area (Å²) >= 11 is 0. The second-order valence-electron chi connectivity index (χ2n) is 7.04. The molecule has 2 aliphatic heterocycles. The minimum atomic E-state index is 0.172. The lowest BCUT2D eigenvalue weighted by Gasteiger charge is -2.20. The number of furan rings is 1. The third kappa shape index (κ3) is 6.63. The van der Waals surface area contributed by atoms with Crippen LogP contribution in [0.3, 0.4) is 0 Å². The maximum Gasteiger partial charge on any atom is 0.191 e. The summed E-state index contributed by atoms with van der Waals surface area (Å²) in [5.41, 5.74) is 0. The molecule has 2 N–H and O–H groups in total. The van der Waals surface area contributed by atoms with Crippen molar-refractivity contribution in [1.29, 1.82) is 0 Å². The van der Waals surface area contributed by atoms with Crippen LogP contribution in [0, 0.1) is 5.92 Å². The average Bonchev–Trinajstić information content (AvgIpc) is 3.41. The zero-order valence-electron chi connectivity index (χ0n) is 15.6. The van der Waals surface area contributed by atoms with E-state index in [0.717, 1.165) is 63.9 Å². The summed E-state index contributed by atoms with van der Waals surface area (Å²) in [7, 11) is 0. The van der Waals surface area contributed by atoms with Gasteiger partial charge in [0.1, 0.15) is 5.76 Å². The lowest BCUT2D eigenvalue weighted by atomic mass is 10.1. The standard InChI is InChI=1S/C19H31N3O4/c1-15(12-26-18-6-10-24-14-18)22-19(21-11-16-5-9-23-13-16)20-7-4-17-3-2-8-25-17/h2-3,8,15-16,18H,4-7,9-14H2,1H3,(H2,20,21,22). The average molecular weight is 365 g/mol. The van der Waals surface area contributed by atoms with Crippen LogP contribution in [-0.2, 0) is 20.6 Å². The van der Waals surface area contributed by atoms with Gasteiger partial charge < -0.3 is 29.3 Å². The molecule has 7 heteroatoms. The summed E-state index contributed by atoms with van der Waals surface area (Å²) in [6.45, 7) is 7.46. The van der Waals surface area contributed by atoms with Crippen molar-refractivity contribution in [3.63, 3.8) is 0 Å². The van der Waals surface area contributed by atoms with Gasteiger partial charge in [0.2, 0.25) is 0 Å². The Morgan fingerprint density at radius 1 is 1.31 bits per heavy atom. The first-order chi connectivity index (χ1) is 12.8. The molecular formula is C19H31N3O4. The van der Waals surface area contributed by atoms with Crippen molar-refractivity contribution in [2.75, 3.05) is 46.1 Å². The molecule has 0 bridgehead atoms. The molecule has 0 amide bonds. The lowest BCUT2D eigenvalue weighted by molar-refractivity contribution is 0.0347. The first kappa shape index (κ1) is 19.2. The molecule has 0 aliphatic carbocycles. The number of guanidine groups is 1. The zero-order valence-corrected chi connectivity index (χ0v) is 15.6. The van der Waals surface area contributed by atoms with Gasteiger partial charge in [0.25, 0.3) is 0 Å². The Bertz CT molecular complexity index is 523. The minimum absolute atomic E-state index is 0.172. The summed E-state index contributed by atoms with van der Waals surface area (Å²) < 4.78 is 22.1. The highest BCUT2D eigenvalue weighted by Gasteiger charge is 2.18. The molecule has 7 nitrogen and oxygen atoms in total. The van der Waals surface area contributed by atoms with Crippen LogP contribution in [0.4, 0.5) is 0 Å². The van der Waals surface area contributed by atoms with E-state index >= 15 is 0 Å². The molecule has 2 fully saturated rings. The van der Waals surface area contributed by atoms with E-state index in [0.29, 0.717) is 19.1 Å². The fourth-order valence-electron chi connectivity index (χ4n) is 3.06. The van der Waals surface area contributed by atoms with Gasteiger partial charge in [0.05, 0.1) is 32.2 Å². The molecule has 3 heterocycles. The molecule has 3 atom stereocenters. The quantitative estimate of drug-likeness (QED) is 0.511. The number of nitrogens with zero attached hydrogens (tertiary/aromatic N) is 1. The minimum Gasteiger partial charge on any atom is -0.469 e. The largest absolute Gasteiger partial charge is 0.469 e.